The summed E-state index contributed by atoms with van der Waals surface area (Å²) >= 11 is 0. The van der Waals surface area contributed by atoms with E-state index in [2.05, 4.69) is 0 Å². The van der Waals surface area contributed by atoms with E-state index in [0.717, 1.165) is 0 Å². The summed E-state index contributed by atoms with van der Waals surface area (Å²) in [6.45, 7) is 3.43. The molecule has 9 heteroatoms. The Morgan fingerprint density at radius 2 is 1.68 bits per heavy atom. The van der Waals surface area contributed by atoms with Crippen LogP contribution in [0.3, 0.4) is 0 Å². The molecule has 1 saturated heterocycles. The Morgan fingerprint density at radius 1 is 1.12 bits per heavy atom. The summed E-state index contributed by atoms with van der Waals surface area (Å²) in [6, 6.07) is 4.83. The Labute approximate surface area is 148 Å². The highest BCUT2D eigenvalue weighted by Crippen LogP contribution is 2.29. The van der Waals surface area contributed by atoms with Gasteiger partial charge in [0, 0.05) is 12.6 Å². The van der Waals surface area contributed by atoms with Crippen LogP contribution >= 0.6 is 0 Å². The van der Waals surface area contributed by atoms with Gasteiger partial charge in [0.05, 0.1) is 21.5 Å². The zero-order valence-electron chi connectivity index (χ0n) is 14.3. The Bertz CT molecular complexity index is 830. The first-order chi connectivity index (χ1) is 11.6. The van der Waals surface area contributed by atoms with Gasteiger partial charge in [0.25, 0.3) is 0 Å². The van der Waals surface area contributed by atoms with Gasteiger partial charge in [0.2, 0.25) is 10.0 Å². The van der Waals surface area contributed by atoms with Crippen molar-refractivity contribution in [3.8, 4) is 0 Å². The topological polar surface area (TPSA) is 109 Å². The minimum absolute atomic E-state index is 0.00253. The molecule has 1 aromatic rings. The van der Waals surface area contributed by atoms with Crippen LogP contribution in [0.2, 0.25) is 0 Å². The second-order valence-electron chi connectivity index (χ2n) is 6.33. The maximum absolute atomic E-state index is 12.8. The van der Waals surface area contributed by atoms with Crippen molar-refractivity contribution in [2.24, 2.45) is 5.92 Å². The molecular formula is C16H23NO6S2. The highest BCUT2D eigenvalue weighted by atomic mass is 32.2. The van der Waals surface area contributed by atoms with Gasteiger partial charge in [-0.25, -0.2) is 16.8 Å². The number of carboxylic acids is 1. The number of hydrogen-bond donors (Lipinski definition) is 1. The van der Waals surface area contributed by atoms with E-state index in [1.807, 2.05) is 0 Å². The molecule has 0 saturated carbocycles. The van der Waals surface area contributed by atoms with Crippen molar-refractivity contribution in [1.82, 2.24) is 4.31 Å². The number of benzene rings is 1. The molecule has 0 amide bonds. The molecule has 1 fully saturated rings. The largest absolute Gasteiger partial charge is 0.481 e. The second-order valence-corrected chi connectivity index (χ2v) is 10.3. The quantitative estimate of drug-likeness (QED) is 0.794. The van der Waals surface area contributed by atoms with Gasteiger partial charge in [-0.15, -0.1) is 0 Å². The van der Waals surface area contributed by atoms with Gasteiger partial charge in [-0.3, -0.25) is 4.79 Å². The summed E-state index contributed by atoms with van der Waals surface area (Å²) in [5.74, 6) is -1.73. The van der Waals surface area contributed by atoms with Gasteiger partial charge in [-0.1, -0.05) is 6.92 Å². The van der Waals surface area contributed by atoms with Crippen molar-refractivity contribution >= 4 is 25.8 Å². The number of aliphatic carboxylic acids is 1. The number of hydrogen-bond acceptors (Lipinski definition) is 5. The minimum atomic E-state index is -3.88. The maximum Gasteiger partial charge on any atom is 0.307 e. The van der Waals surface area contributed by atoms with Crippen molar-refractivity contribution < 1.29 is 26.7 Å². The van der Waals surface area contributed by atoms with Crippen LogP contribution in [0.15, 0.2) is 34.1 Å². The van der Waals surface area contributed by atoms with Crippen LogP contribution in [-0.2, 0) is 24.7 Å². The SMILES string of the molecule is CCCS(=O)(=O)c1ccc(S(=O)(=O)N2CC(C(=O)O)CCC2C)cc1. The molecule has 0 spiro atoms. The molecule has 140 valence electrons. The molecule has 0 bridgehead atoms. The second kappa shape index (κ2) is 7.43. The van der Waals surface area contributed by atoms with E-state index in [0.29, 0.717) is 19.3 Å². The highest BCUT2D eigenvalue weighted by Gasteiger charge is 2.37. The third-order valence-corrected chi connectivity index (χ3v) is 8.37. The van der Waals surface area contributed by atoms with Crippen LogP contribution in [0.5, 0.6) is 0 Å². The fourth-order valence-electron chi connectivity index (χ4n) is 2.95. The standard InChI is InChI=1S/C16H23NO6S2/c1-3-10-24(20,21)14-6-8-15(9-7-14)25(22,23)17-11-13(16(18)19)5-4-12(17)2/h6-9,12-13H,3-5,10-11H2,1-2H3,(H,18,19). The van der Waals surface area contributed by atoms with Crippen LogP contribution in [0.1, 0.15) is 33.1 Å². The average molecular weight is 389 g/mol. The summed E-state index contributed by atoms with van der Waals surface area (Å²) in [5.41, 5.74) is 0. The Hall–Kier alpha value is -1.45. The van der Waals surface area contributed by atoms with E-state index in [1.54, 1.807) is 13.8 Å². The average Bonchev–Trinajstić information content (AvgIpc) is 2.55. The molecule has 0 radical (unpaired) electrons. The van der Waals surface area contributed by atoms with E-state index < -0.39 is 31.7 Å². The van der Waals surface area contributed by atoms with Gasteiger partial charge in [0.15, 0.2) is 9.84 Å². The normalized spacial score (nSPS) is 22.6. The van der Waals surface area contributed by atoms with E-state index in [4.69, 9.17) is 5.11 Å². The molecule has 1 aliphatic heterocycles. The molecule has 2 atom stereocenters. The van der Waals surface area contributed by atoms with Gasteiger partial charge in [0.1, 0.15) is 0 Å². The summed E-state index contributed by atoms with van der Waals surface area (Å²) in [6.07, 6.45) is 1.39. The summed E-state index contributed by atoms with van der Waals surface area (Å²) < 4.78 is 51.0. The van der Waals surface area contributed by atoms with Crippen LogP contribution in [0, 0.1) is 5.92 Å². The molecule has 1 N–H and O–H groups in total. The van der Waals surface area contributed by atoms with Crippen molar-refractivity contribution in [2.75, 3.05) is 12.3 Å². The summed E-state index contributed by atoms with van der Waals surface area (Å²) in [5, 5.41) is 9.17. The molecule has 1 heterocycles. The lowest BCUT2D eigenvalue weighted by Gasteiger charge is -2.35. The van der Waals surface area contributed by atoms with Crippen molar-refractivity contribution in [1.29, 1.82) is 0 Å². The zero-order chi connectivity index (χ0) is 18.8. The summed E-state index contributed by atoms with van der Waals surface area (Å²) in [4.78, 5) is 11.3. The van der Waals surface area contributed by atoms with Crippen LogP contribution < -0.4 is 0 Å². The number of nitrogens with zero attached hydrogens (tertiary/aromatic N) is 1. The molecule has 25 heavy (non-hydrogen) atoms. The lowest BCUT2D eigenvalue weighted by atomic mass is 9.96. The van der Waals surface area contributed by atoms with Crippen LogP contribution in [-0.4, -0.2) is 50.6 Å². The number of carbonyl (C=O) groups is 1. The molecular weight excluding hydrogens is 366 g/mol. The molecule has 0 aliphatic carbocycles. The number of sulfone groups is 1. The number of rotatable bonds is 6. The minimum Gasteiger partial charge on any atom is -0.481 e. The monoisotopic (exact) mass is 389 g/mol. The fraction of sp³-hybridized carbons (Fsp3) is 0.562. The fourth-order valence-corrected chi connectivity index (χ4v) is 5.98. The zero-order valence-corrected chi connectivity index (χ0v) is 15.9. The maximum atomic E-state index is 12.8. The van der Waals surface area contributed by atoms with Gasteiger partial charge in [-0.2, -0.15) is 4.31 Å². The first kappa shape index (κ1) is 19.9. The molecule has 0 aromatic heterocycles. The van der Waals surface area contributed by atoms with E-state index in [-0.39, 0.29) is 28.1 Å². The Morgan fingerprint density at radius 3 is 2.20 bits per heavy atom. The third-order valence-electron chi connectivity index (χ3n) is 4.44. The first-order valence-electron chi connectivity index (χ1n) is 8.17. The van der Waals surface area contributed by atoms with Crippen molar-refractivity contribution in [3.05, 3.63) is 24.3 Å². The molecule has 2 rings (SSSR count). The predicted octanol–water partition coefficient (Wildman–Crippen LogP) is 1.74. The van der Waals surface area contributed by atoms with E-state index in [9.17, 15) is 21.6 Å². The predicted molar refractivity (Wildman–Crippen MR) is 92.5 cm³/mol. The van der Waals surface area contributed by atoms with Gasteiger partial charge in [-0.05, 0) is 50.5 Å². The van der Waals surface area contributed by atoms with Crippen LogP contribution in [0.4, 0.5) is 0 Å². The lowest BCUT2D eigenvalue weighted by Crippen LogP contribution is -2.47. The smallest absolute Gasteiger partial charge is 0.307 e. The Balaban J connectivity index is 2.31. The van der Waals surface area contributed by atoms with Crippen LogP contribution in [0.25, 0.3) is 0 Å². The van der Waals surface area contributed by atoms with Crippen molar-refractivity contribution in [3.63, 3.8) is 0 Å². The highest BCUT2D eigenvalue weighted by molar-refractivity contribution is 7.91. The first-order valence-corrected chi connectivity index (χ1v) is 11.3. The third kappa shape index (κ3) is 4.21. The molecule has 2 unspecified atom stereocenters. The molecule has 1 aromatic carbocycles. The van der Waals surface area contributed by atoms with Gasteiger partial charge >= 0.3 is 5.97 Å². The number of carboxylic acid groups (broad SMARTS) is 1. The van der Waals surface area contributed by atoms with E-state index in [1.165, 1.54) is 28.6 Å². The Kier molecular flexibility index (Phi) is 5.90. The summed E-state index contributed by atoms with van der Waals surface area (Å²) in [7, 11) is -7.29. The van der Waals surface area contributed by atoms with Crippen molar-refractivity contribution in [2.45, 2.75) is 48.9 Å². The number of piperidine rings is 1. The van der Waals surface area contributed by atoms with Gasteiger partial charge < -0.3 is 5.11 Å². The van der Waals surface area contributed by atoms with E-state index >= 15 is 0 Å². The molecule has 1 aliphatic rings. The number of sulfonamides is 1. The molecule has 7 nitrogen and oxygen atoms in total. The lowest BCUT2D eigenvalue weighted by molar-refractivity contribution is -0.143.